The van der Waals surface area contributed by atoms with Crippen molar-refractivity contribution in [2.75, 3.05) is 26.6 Å². The van der Waals surface area contributed by atoms with E-state index in [4.69, 9.17) is 23.7 Å². The molecule has 0 unspecified atom stereocenters. The standard InChI is InChI=1S/C15H20O2.C13H17FO2.C12H14O3.C11H12O3.C10H12N2OS.C9H13BrN2O/c1-12(2)14(16)10-6-7-11-15(17)13-8-4-3-5-9-13;1-10(2)13(15)4-3-9-16-12-7-5-11(14)6-8-12;1-8(2)12(13)9-3-4-10-11(7-9)15-6-5-14-10;1-7(2)11(12)8-3-4-9-10(5-8)14-6-13-9;1-6(2)9(13)8-7(3)11-10-12(8)4-5-14-10;1-6(2)9(13)5-12-4-8(10)7(3)11-12/h3-5,8-9,12H,6-7,10-11H2,1-2H3;5-8,10H,3-4,9H2,1-2H3;3-4,7-8H,5-6H2,1-2H3;3-5,7H,6H2,1-2H3;4-6H,1-3H3;4,6H,5H2,1-3H3. The monoisotopic (exact) mass is 1310 g/mol. The largest absolute Gasteiger partial charge is 0.494 e. The summed E-state index contributed by atoms with van der Waals surface area (Å²) in [5.41, 5.74) is 4.62. The number of rotatable bonds is 22. The van der Waals surface area contributed by atoms with Crippen LogP contribution in [0.2, 0.25) is 0 Å². The SMILES string of the molecule is CC(C)C(=O)CCCCC(=O)c1ccccc1.CC(C)C(=O)CCCOc1ccc(F)cc1.CC(C)C(=O)c1ccc2c(c1)OCCO2.CC(C)C(=O)c1ccc2c(c1)OCO2.Cc1nc2sccn2c1C(=O)C(C)C.Cc1nn(CC(=O)C(C)C)cc1Br. The minimum atomic E-state index is -0.276. The number of hydrogen-bond donors (Lipinski definition) is 0. The quantitative estimate of drug-likeness (QED) is 0.0458. The molecule has 4 aromatic carbocycles. The number of nitrogens with zero attached hydrogens (tertiary/aromatic N) is 4. The second kappa shape index (κ2) is 37.4. The summed E-state index contributed by atoms with van der Waals surface area (Å²) >= 11 is 4.90. The van der Waals surface area contributed by atoms with Crippen LogP contribution in [0.5, 0.6) is 28.7 Å². The van der Waals surface area contributed by atoms with Crippen LogP contribution in [0, 0.1) is 55.2 Å². The number of aryl methyl sites for hydroxylation is 2. The third kappa shape index (κ3) is 24.7. The van der Waals surface area contributed by atoms with Gasteiger partial charge in [0.1, 0.15) is 42.0 Å². The summed E-state index contributed by atoms with van der Waals surface area (Å²) in [6.45, 7) is 28.8. The average Bonchev–Trinajstić information content (AvgIpc) is 2.17. The van der Waals surface area contributed by atoms with Gasteiger partial charge >= 0.3 is 0 Å². The highest BCUT2D eigenvalue weighted by atomic mass is 79.9. The van der Waals surface area contributed by atoms with Gasteiger partial charge in [0, 0.05) is 89.2 Å². The van der Waals surface area contributed by atoms with Crippen LogP contribution in [0.15, 0.2) is 113 Å². The lowest BCUT2D eigenvalue weighted by Crippen LogP contribution is -2.16. The predicted molar refractivity (Wildman–Crippen MR) is 350 cm³/mol. The molecule has 3 aromatic heterocycles. The Morgan fingerprint density at radius 1 is 0.573 bits per heavy atom. The van der Waals surface area contributed by atoms with E-state index in [9.17, 15) is 38.0 Å². The lowest BCUT2D eigenvalue weighted by Gasteiger charge is -2.18. The van der Waals surface area contributed by atoms with Gasteiger partial charge in [0.05, 0.1) is 29.0 Å². The Kier molecular flexibility index (Phi) is 31.0. The second-order valence-corrected chi connectivity index (χ2v) is 24.8. The Balaban J connectivity index is 0.000000229. The third-order valence-electron chi connectivity index (χ3n) is 13.7. The lowest BCUT2D eigenvalue weighted by atomic mass is 10.0. The third-order valence-corrected chi connectivity index (χ3v) is 15.2. The fraction of sp³-hybridized carbons (Fsp3) is 0.443. The van der Waals surface area contributed by atoms with Crippen LogP contribution in [-0.4, -0.2) is 86.3 Å². The molecule has 0 aliphatic carbocycles. The molecule has 0 saturated carbocycles. The first-order valence-corrected chi connectivity index (χ1v) is 31.9. The van der Waals surface area contributed by atoms with Crippen LogP contribution in [0.4, 0.5) is 4.39 Å². The van der Waals surface area contributed by atoms with Gasteiger partial charge < -0.3 is 23.7 Å². The number of thiazole rings is 1. The van der Waals surface area contributed by atoms with Gasteiger partial charge in [-0.25, -0.2) is 9.37 Å². The van der Waals surface area contributed by atoms with Crippen molar-refractivity contribution in [3.8, 4) is 28.7 Å². The number of fused-ring (bicyclic) bond motifs is 3. The van der Waals surface area contributed by atoms with Crippen LogP contribution in [-0.2, 0) is 20.9 Å². The van der Waals surface area contributed by atoms with Gasteiger partial charge in [-0.05, 0) is 110 Å². The molecule has 0 amide bonds. The average molecular weight is 1310 g/mol. The molecule has 0 fully saturated rings. The van der Waals surface area contributed by atoms with Gasteiger partial charge in [-0.15, -0.1) is 11.3 Å². The van der Waals surface area contributed by atoms with Crippen molar-refractivity contribution in [2.45, 2.75) is 142 Å². The molecule has 5 heterocycles. The van der Waals surface area contributed by atoms with Gasteiger partial charge in [0.25, 0.3) is 0 Å². The van der Waals surface area contributed by atoms with Gasteiger partial charge in [-0.1, -0.05) is 113 Å². The number of unbranched alkanes of at least 4 members (excludes halogenated alkanes) is 1. The normalized spacial score (nSPS) is 11.8. The van der Waals surface area contributed by atoms with E-state index in [1.807, 2.05) is 149 Å². The summed E-state index contributed by atoms with van der Waals surface area (Å²) in [6.07, 6.45) is 7.72. The maximum absolute atomic E-state index is 12.6. The van der Waals surface area contributed by atoms with Crippen molar-refractivity contribution >= 4 is 72.7 Å². The van der Waals surface area contributed by atoms with Crippen molar-refractivity contribution in [3.63, 3.8) is 0 Å². The fourth-order valence-electron chi connectivity index (χ4n) is 8.19. The highest BCUT2D eigenvalue weighted by molar-refractivity contribution is 9.10. The molecule has 0 radical (unpaired) electrons. The van der Waals surface area contributed by atoms with E-state index in [0.717, 1.165) is 50.7 Å². The van der Waals surface area contributed by atoms with Crippen molar-refractivity contribution < 1.29 is 61.6 Å². The topological polar surface area (TPSA) is 201 Å². The first kappa shape index (κ1) is 73.8. The molecular weight excluding hydrogens is 1220 g/mol. The maximum atomic E-state index is 12.6. The van der Waals surface area contributed by atoms with Crippen molar-refractivity contribution in [3.05, 3.63) is 153 Å². The zero-order valence-electron chi connectivity index (χ0n) is 54.0. The molecule has 89 heavy (non-hydrogen) atoms. The number of imidazole rings is 1. The summed E-state index contributed by atoms with van der Waals surface area (Å²) in [6, 6.07) is 25.8. The van der Waals surface area contributed by atoms with E-state index in [2.05, 4.69) is 26.0 Å². The van der Waals surface area contributed by atoms with Crippen molar-refractivity contribution in [1.29, 1.82) is 0 Å². The van der Waals surface area contributed by atoms with E-state index in [-0.39, 0.29) is 88.6 Å². The molecule has 0 saturated heterocycles. The van der Waals surface area contributed by atoms with Crippen molar-refractivity contribution in [2.24, 2.45) is 35.5 Å². The Hall–Kier alpha value is -7.64. The van der Waals surface area contributed by atoms with Crippen LogP contribution in [0.3, 0.4) is 0 Å². The van der Waals surface area contributed by atoms with Gasteiger partial charge in [-0.2, -0.15) is 5.10 Å². The molecule has 0 atom stereocenters. The minimum absolute atomic E-state index is 0.00700. The highest BCUT2D eigenvalue weighted by Gasteiger charge is 2.21. The first-order valence-electron chi connectivity index (χ1n) is 30.3. The van der Waals surface area contributed by atoms with E-state index in [0.29, 0.717) is 86.2 Å². The summed E-state index contributed by atoms with van der Waals surface area (Å²) in [5.74, 6) is 4.78. The number of benzene rings is 4. The molecule has 2 aliphatic heterocycles. The highest BCUT2D eigenvalue weighted by Crippen LogP contribution is 2.34. The number of hydrogen-bond acceptors (Lipinski definition) is 15. The number of halogens is 2. The zero-order valence-corrected chi connectivity index (χ0v) is 56.4. The van der Waals surface area contributed by atoms with Gasteiger partial charge in [-0.3, -0.25) is 42.6 Å². The Morgan fingerprint density at radius 2 is 1.08 bits per heavy atom. The van der Waals surface area contributed by atoms with Crippen LogP contribution in [0.1, 0.15) is 175 Å². The van der Waals surface area contributed by atoms with Crippen molar-refractivity contribution in [1.82, 2.24) is 19.2 Å². The van der Waals surface area contributed by atoms with E-state index in [1.54, 1.807) is 64.5 Å². The summed E-state index contributed by atoms with van der Waals surface area (Å²) in [5, 5.41) is 6.12. The van der Waals surface area contributed by atoms with E-state index < -0.39 is 0 Å². The molecular formula is C70H88BrFN4O12S. The zero-order chi connectivity index (χ0) is 65.9. The minimum Gasteiger partial charge on any atom is -0.494 e. The van der Waals surface area contributed by atoms with Crippen LogP contribution >= 0.6 is 27.3 Å². The molecule has 9 rings (SSSR count). The smallest absolute Gasteiger partial charge is 0.231 e. The summed E-state index contributed by atoms with van der Waals surface area (Å²) in [4.78, 5) is 86.3. The van der Waals surface area contributed by atoms with Gasteiger partial charge in [0.2, 0.25) is 6.79 Å². The summed E-state index contributed by atoms with van der Waals surface area (Å²) < 4.78 is 43.6. The molecule has 0 N–H and O–H groups in total. The molecule has 2 aliphatic rings. The van der Waals surface area contributed by atoms with Crippen LogP contribution < -0.4 is 23.7 Å². The lowest BCUT2D eigenvalue weighted by molar-refractivity contribution is -0.123. The molecule has 0 spiro atoms. The summed E-state index contributed by atoms with van der Waals surface area (Å²) in [7, 11) is 0. The van der Waals surface area contributed by atoms with E-state index >= 15 is 0 Å². The van der Waals surface area contributed by atoms with Gasteiger partial charge in [0.15, 0.2) is 56.9 Å². The van der Waals surface area contributed by atoms with E-state index in [1.165, 1.54) is 12.1 Å². The van der Waals surface area contributed by atoms with Crippen LogP contribution in [0.25, 0.3) is 4.96 Å². The number of ether oxygens (including phenoxy) is 5. The molecule has 19 heteroatoms. The number of ketones is 7. The Labute approximate surface area is 536 Å². The molecule has 0 bridgehead atoms. The number of carbonyl (C=O) groups excluding carboxylic acids is 7. The number of Topliss-reactive ketones (excluding diaryl/α,β-unsaturated/α-hetero) is 7. The fourth-order valence-corrected chi connectivity index (χ4v) is 9.27. The molecule has 480 valence electrons. The first-order chi connectivity index (χ1) is 42.2. The maximum Gasteiger partial charge on any atom is 0.231 e. The Bertz CT molecular complexity index is 3400. The molecule has 16 nitrogen and oxygen atoms in total. The predicted octanol–water partition coefficient (Wildman–Crippen LogP) is 16.1. The number of carbonyl (C=O) groups is 7. The number of aromatic nitrogens is 4. The molecule has 7 aromatic rings. The Morgan fingerprint density at radius 3 is 1.61 bits per heavy atom. The second-order valence-electron chi connectivity index (χ2n) is 23.1.